The zero-order chi connectivity index (χ0) is 22.6. The molecule has 8 heteroatoms. The SMILES string of the molecule is CC(C)CCNC(=O)[C@]1(C)CN(S(=O)(=O)c2ccccc2)CC(=O)N1C1CCCCC1. The smallest absolute Gasteiger partial charge is 0.247 e. The number of nitrogens with zero attached hydrogens (tertiary/aromatic N) is 2. The maximum absolute atomic E-state index is 13.4. The molecule has 1 saturated heterocycles. The van der Waals surface area contributed by atoms with Gasteiger partial charge in [-0.15, -0.1) is 0 Å². The van der Waals surface area contributed by atoms with Crippen molar-refractivity contribution in [1.29, 1.82) is 0 Å². The van der Waals surface area contributed by atoms with Crippen molar-refractivity contribution in [2.24, 2.45) is 5.92 Å². The summed E-state index contributed by atoms with van der Waals surface area (Å²) in [5, 5.41) is 2.97. The van der Waals surface area contributed by atoms with E-state index in [2.05, 4.69) is 19.2 Å². The topological polar surface area (TPSA) is 86.8 Å². The quantitative estimate of drug-likeness (QED) is 0.693. The zero-order valence-electron chi connectivity index (χ0n) is 18.8. The minimum absolute atomic E-state index is 0.0244. The summed E-state index contributed by atoms with van der Waals surface area (Å²) in [5.41, 5.74) is -1.24. The standard InChI is InChI=1S/C23H35N3O4S/c1-18(2)14-15-24-22(28)23(3)17-25(31(29,30)20-12-8-5-9-13-20)16-21(27)26(23)19-10-6-4-7-11-19/h5,8-9,12-13,18-19H,4,6-7,10-11,14-17H2,1-3H3,(H,24,28)/t23-/m0/s1. The first-order valence-electron chi connectivity index (χ1n) is 11.3. The van der Waals surface area contributed by atoms with E-state index in [1.807, 2.05) is 0 Å². The molecule has 172 valence electrons. The molecule has 1 aliphatic carbocycles. The van der Waals surface area contributed by atoms with Crippen molar-refractivity contribution >= 4 is 21.8 Å². The average molecular weight is 450 g/mol. The first-order chi connectivity index (χ1) is 14.7. The summed E-state index contributed by atoms with van der Waals surface area (Å²) in [7, 11) is -3.88. The largest absolute Gasteiger partial charge is 0.354 e. The number of piperazine rings is 1. The van der Waals surface area contributed by atoms with Gasteiger partial charge >= 0.3 is 0 Å². The summed E-state index contributed by atoms with van der Waals surface area (Å²) in [4.78, 5) is 28.5. The maximum Gasteiger partial charge on any atom is 0.247 e. The van der Waals surface area contributed by atoms with Gasteiger partial charge < -0.3 is 10.2 Å². The van der Waals surface area contributed by atoms with Crippen LogP contribution in [0.25, 0.3) is 0 Å². The molecule has 31 heavy (non-hydrogen) atoms. The van der Waals surface area contributed by atoms with Crippen molar-refractivity contribution in [3.8, 4) is 0 Å². The van der Waals surface area contributed by atoms with E-state index in [-0.39, 0.29) is 35.8 Å². The Morgan fingerprint density at radius 2 is 1.81 bits per heavy atom. The van der Waals surface area contributed by atoms with Crippen molar-refractivity contribution in [3.63, 3.8) is 0 Å². The Balaban J connectivity index is 1.91. The van der Waals surface area contributed by atoms with E-state index in [0.29, 0.717) is 12.5 Å². The lowest BCUT2D eigenvalue weighted by Gasteiger charge is -2.51. The molecule has 7 nitrogen and oxygen atoms in total. The predicted molar refractivity (Wildman–Crippen MR) is 120 cm³/mol. The summed E-state index contributed by atoms with van der Waals surface area (Å²) in [6.45, 7) is 6.12. The van der Waals surface area contributed by atoms with Gasteiger partial charge in [0.05, 0.1) is 11.4 Å². The maximum atomic E-state index is 13.4. The molecule has 2 amide bonds. The summed E-state index contributed by atoms with van der Waals surface area (Å²) in [6.07, 6.45) is 5.70. The third-order valence-electron chi connectivity index (χ3n) is 6.41. The van der Waals surface area contributed by atoms with Crippen molar-refractivity contribution < 1.29 is 18.0 Å². The average Bonchev–Trinajstić information content (AvgIpc) is 2.74. The molecular weight excluding hydrogens is 414 g/mol. The summed E-state index contributed by atoms with van der Waals surface area (Å²) >= 11 is 0. The molecular formula is C23H35N3O4S. The highest BCUT2D eigenvalue weighted by molar-refractivity contribution is 7.89. The normalized spacial score (nSPS) is 23.9. The minimum atomic E-state index is -3.88. The van der Waals surface area contributed by atoms with Gasteiger partial charge in [0, 0.05) is 19.1 Å². The second-order valence-corrected chi connectivity index (χ2v) is 11.3. The number of rotatable bonds is 7. The Morgan fingerprint density at radius 3 is 2.42 bits per heavy atom. The number of carbonyl (C=O) groups excluding carboxylic acids is 2. The van der Waals surface area contributed by atoms with Gasteiger partial charge in [-0.05, 0) is 44.2 Å². The lowest BCUT2D eigenvalue weighted by atomic mass is 9.87. The van der Waals surface area contributed by atoms with Crippen molar-refractivity contribution in [2.75, 3.05) is 19.6 Å². The molecule has 0 spiro atoms. The molecule has 1 aromatic carbocycles. The van der Waals surface area contributed by atoms with Crippen molar-refractivity contribution in [3.05, 3.63) is 30.3 Å². The molecule has 1 saturated carbocycles. The number of hydrogen-bond donors (Lipinski definition) is 1. The van der Waals surface area contributed by atoms with E-state index >= 15 is 0 Å². The van der Waals surface area contributed by atoms with Gasteiger partial charge in [0.1, 0.15) is 5.54 Å². The van der Waals surface area contributed by atoms with Gasteiger partial charge in [0.15, 0.2) is 0 Å². The number of carbonyl (C=O) groups is 2. The van der Waals surface area contributed by atoms with Gasteiger partial charge in [0.25, 0.3) is 0 Å². The van der Waals surface area contributed by atoms with E-state index < -0.39 is 15.6 Å². The molecule has 1 aromatic rings. The van der Waals surface area contributed by atoms with Crippen LogP contribution in [0.2, 0.25) is 0 Å². The van der Waals surface area contributed by atoms with Crippen LogP contribution in [-0.2, 0) is 19.6 Å². The lowest BCUT2D eigenvalue weighted by Crippen LogP contribution is -2.72. The summed E-state index contributed by atoms with van der Waals surface area (Å²) < 4.78 is 27.7. The summed E-state index contributed by atoms with van der Waals surface area (Å²) in [5.74, 6) is -0.135. The van der Waals surface area contributed by atoms with E-state index in [4.69, 9.17) is 0 Å². The van der Waals surface area contributed by atoms with E-state index in [1.165, 1.54) is 16.4 Å². The van der Waals surface area contributed by atoms with Crippen LogP contribution in [0.3, 0.4) is 0 Å². The predicted octanol–water partition coefficient (Wildman–Crippen LogP) is 2.77. The second kappa shape index (κ2) is 9.69. The third kappa shape index (κ3) is 5.12. The molecule has 3 rings (SSSR count). The Morgan fingerprint density at radius 1 is 1.16 bits per heavy atom. The zero-order valence-corrected chi connectivity index (χ0v) is 19.7. The van der Waals surface area contributed by atoms with Crippen LogP contribution >= 0.6 is 0 Å². The fraction of sp³-hybridized carbons (Fsp3) is 0.652. The number of sulfonamides is 1. The molecule has 1 aliphatic heterocycles. The fourth-order valence-corrected chi connectivity index (χ4v) is 6.18. The van der Waals surface area contributed by atoms with Crippen LogP contribution in [0.4, 0.5) is 0 Å². The monoisotopic (exact) mass is 449 g/mol. The first-order valence-corrected chi connectivity index (χ1v) is 12.8. The first kappa shape index (κ1) is 23.7. The van der Waals surface area contributed by atoms with Crippen LogP contribution in [0.5, 0.6) is 0 Å². The molecule has 2 aliphatic rings. The molecule has 0 radical (unpaired) electrons. The van der Waals surface area contributed by atoms with Crippen LogP contribution in [-0.4, -0.2) is 60.7 Å². The van der Waals surface area contributed by atoms with Crippen molar-refractivity contribution in [2.45, 2.75) is 75.8 Å². The molecule has 0 aromatic heterocycles. The van der Waals surface area contributed by atoms with Crippen LogP contribution in [0.15, 0.2) is 35.2 Å². The van der Waals surface area contributed by atoms with E-state index in [9.17, 15) is 18.0 Å². The highest BCUT2D eigenvalue weighted by atomic mass is 32.2. The third-order valence-corrected chi connectivity index (χ3v) is 8.22. The Bertz CT molecular complexity index is 881. The highest BCUT2D eigenvalue weighted by Gasteiger charge is 2.52. The minimum Gasteiger partial charge on any atom is -0.354 e. The molecule has 2 fully saturated rings. The Hall–Kier alpha value is -1.93. The fourth-order valence-electron chi connectivity index (χ4n) is 4.68. The van der Waals surface area contributed by atoms with Gasteiger partial charge in [0.2, 0.25) is 21.8 Å². The molecule has 1 heterocycles. The number of nitrogens with one attached hydrogen (secondary N) is 1. The van der Waals surface area contributed by atoms with Crippen LogP contribution in [0.1, 0.15) is 59.3 Å². The van der Waals surface area contributed by atoms with Crippen LogP contribution in [0, 0.1) is 5.92 Å². The van der Waals surface area contributed by atoms with Gasteiger partial charge in [-0.3, -0.25) is 9.59 Å². The van der Waals surface area contributed by atoms with Crippen molar-refractivity contribution in [1.82, 2.24) is 14.5 Å². The number of amides is 2. The Kier molecular flexibility index (Phi) is 7.42. The molecule has 0 bridgehead atoms. The van der Waals surface area contributed by atoms with Gasteiger partial charge in [-0.1, -0.05) is 51.3 Å². The number of hydrogen-bond acceptors (Lipinski definition) is 4. The Labute approximate surface area is 186 Å². The van der Waals surface area contributed by atoms with E-state index in [1.54, 1.807) is 30.0 Å². The highest BCUT2D eigenvalue weighted by Crippen LogP contribution is 2.34. The van der Waals surface area contributed by atoms with Gasteiger partial charge in [-0.25, -0.2) is 8.42 Å². The van der Waals surface area contributed by atoms with E-state index in [0.717, 1.165) is 38.5 Å². The lowest BCUT2D eigenvalue weighted by molar-refractivity contribution is -0.157. The van der Waals surface area contributed by atoms with Gasteiger partial charge in [-0.2, -0.15) is 4.31 Å². The molecule has 1 N–H and O–H groups in total. The number of benzene rings is 1. The second-order valence-electron chi connectivity index (χ2n) is 9.35. The molecule has 0 unspecified atom stereocenters. The molecule has 1 atom stereocenters. The van der Waals surface area contributed by atoms with Crippen LogP contribution < -0.4 is 5.32 Å². The summed E-state index contributed by atoms with van der Waals surface area (Å²) in [6, 6.07) is 8.08.